The molecule has 2 aromatic heterocycles. The topological polar surface area (TPSA) is 84.1 Å². The van der Waals surface area contributed by atoms with Crippen LogP contribution >= 0.6 is 0 Å². The van der Waals surface area contributed by atoms with Gasteiger partial charge < -0.3 is 14.0 Å². The second-order valence-corrected chi connectivity index (χ2v) is 6.88. The van der Waals surface area contributed by atoms with Crippen LogP contribution in [0.4, 0.5) is 0 Å². The highest BCUT2D eigenvalue weighted by molar-refractivity contribution is 5.97. The summed E-state index contributed by atoms with van der Waals surface area (Å²) in [5.74, 6) is 1.57. The molecule has 0 amide bonds. The molecule has 0 saturated heterocycles. The molecule has 8 heteroatoms. The van der Waals surface area contributed by atoms with E-state index in [1.807, 2.05) is 26.0 Å². The lowest BCUT2D eigenvalue weighted by molar-refractivity contribution is 0.0960. The molecule has 28 heavy (non-hydrogen) atoms. The Balaban J connectivity index is 1.82. The summed E-state index contributed by atoms with van der Waals surface area (Å²) >= 11 is 0. The van der Waals surface area contributed by atoms with Crippen molar-refractivity contribution in [2.24, 2.45) is 0 Å². The van der Waals surface area contributed by atoms with Gasteiger partial charge in [-0.25, -0.2) is 0 Å². The Morgan fingerprint density at radius 1 is 1.11 bits per heavy atom. The van der Waals surface area contributed by atoms with Crippen LogP contribution in [0.25, 0.3) is 11.4 Å². The number of methoxy groups -OCH3 is 2. The number of aryl methyl sites for hydroxylation is 1. The Kier molecular flexibility index (Phi) is 5.48. The van der Waals surface area contributed by atoms with Crippen molar-refractivity contribution in [2.75, 3.05) is 14.2 Å². The van der Waals surface area contributed by atoms with Crippen molar-refractivity contribution in [3.8, 4) is 22.9 Å². The van der Waals surface area contributed by atoms with Crippen molar-refractivity contribution < 1.29 is 14.3 Å². The molecule has 0 bridgehead atoms. The number of tetrazole rings is 1. The maximum atomic E-state index is 12.8. The van der Waals surface area contributed by atoms with Crippen LogP contribution in [0.3, 0.4) is 0 Å². The number of aromatic nitrogens is 5. The van der Waals surface area contributed by atoms with Crippen LogP contribution in [-0.2, 0) is 6.54 Å². The third-order valence-corrected chi connectivity index (χ3v) is 4.68. The van der Waals surface area contributed by atoms with E-state index < -0.39 is 0 Å². The SMILES string of the molecule is COc1ccc(-c2nnn(CC(=O)c3cc(C)n(C(C)C)c3C)n2)cc1OC. The van der Waals surface area contributed by atoms with Gasteiger partial charge in [-0.3, -0.25) is 4.79 Å². The Hall–Kier alpha value is -3.16. The van der Waals surface area contributed by atoms with Crippen molar-refractivity contribution in [3.05, 3.63) is 41.2 Å². The van der Waals surface area contributed by atoms with E-state index in [0.717, 1.165) is 17.0 Å². The van der Waals surface area contributed by atoms with Crippen LogP contribution in [-0.4, -0.2) is 44.8 Å². The van der Waals surface area contributed by atoms with E-state index >= 15 is 0 Å². The number of carbonyl (C=O) groups is 1. The second kappa shape index (κ2) is 7.84. The van der Waals surface area contributed by atoms with E-state index in [1.54, 1.807) is 26.4 Å². The molecule has 0 fully saturated rings. The lowest BCUT2D eigenvalue weighted by atomic mass is 10.1. The molecule has 0 aliphatic carbocycles. The zero-order chi connectivity index (χ0) is 20.4. The summed E-state index contributed by atoms with van der Waals surface area (Å²) in [6, 6.07) is 7.59. The predicted molar refractivity (Wildman–Crippen MR) is 105 cm³/mol. The standard InChI is InChI=1S/C20H25N5O3/c1-12(2)25-13(3)9-16(14(25)4)17(26)11-24-22-20(21-23-24)15-7-8-18(27-5)19(10-15)28-6/h7-10,12H,11H2,1-6H3. The van der Waals surface area contributed by atoms with E-state index in [0.29, 0.717) is 28.9 Å². The van der Waals surface area contributed by atoms with Crippen molar-refractivity contribution in [1.29, 1.82) is 0 Å². The smallest absolute Gasteiger partial charge is 0.205 e. The minimum Gasteiger partial charge on any atom is -0.493 e. The molecule has 0 atom stereocenters. The van der Waals surface area contributed by atoms with Crippen molar-refractivity contribution in [3.63, 3.8) is 0 Å². The largest absolute Gasteiger partial charge is 0.493 e. The molecule has 0 spiro atoms. The first kappa shape index (κ1) is 19.6. The fraction of sp³-hybridized carbons (Fsp3) is 0.400. The van der Waals surface area contributed by atoms with Gasteiger partial charge in [0.25, 0.3) is 0 Å². The lowest BCUT2D eigenvalue weighted by Crippen LogP contribution is -2.14. The van der Waals surface area contributed by atoms with Crippen LogP contribution in [0.15, 0.2) is 24.3 Å². The van der Waals surface area contributed by atoms with Gasteiger partial charge in [-0.1, -0.05) is 0 Å². The first-order valence-electron chi connectivity index (χ1n) is 9.07. The quantitative estimate of drug-likeness (QED) is 0.583. The zero-order valence-corrected chi connectivity index (χ0v) is 17.1. The summed E-state index contributed by atoms with van der Waals surface area (Å²) < 4.78 is 12.7. The molecule has 0 radical (unpaired) electrons. The molecule has 8 nitrogen and oxygen atoms in total. The molecule has 0 saturated carbocycles. The van der Waals surface area contributed by atoms with Gasteiger partial charge in [0.2, 0.25) is 5.82 Å². The summed E-state index contributed by atoms with van der Waals surface area (Å²) in [6.07, 6.45) is 0. The van der Waals surface area contributed by atoms with Gasteiger partial charge in [-0.15, -0.1) is 10.2 Å². The highest BCUT2D eigenvalue weighted by Crippen LogP contribution is 2.30. The Morgan fingerprint density at radius 3 is 2.43 bits per heavy atom. The van der Waals surface area contributed by atoms with Crippen LogP contribution in [0.1, 0.15) is 41.6 Å². The van der Waals surface area contributed by atoms with E-state index in [9.17, 15) is 4.79 Å². The summed E-state index contributed by atoms with van der Waals surface area (Å²) in [5.41, 5.74) is 3.44. The van der Waals surface area contributed by atoms with Crippen molar-refractivity contribution in [2.45, 2.75) is 40.3 Å². The predicted octanol–water partition coefficient (Wildman–Crippen LogP) is 3.24. The van der Waals surface area contributed by atoms with Gasteiger partial charge in [0, 0.05) is 28.6 Å². The van der Waals surface area contributed by atoms with Gasteiger partial charge in [-0.05, 0) is 57.2 Å². The first-order chi connectivity index (χ1) is 13.3. The number of ether oxygens (including phenoxy) is 2. The molecule has 0 unspecified atom stereocenters. The average Bonchev–Trinajstić information content (AvgIpc) is 3.25. The molecule has 1 aromatic carbocycles. The van der Waals surface area contributed by atoms with Crippen LogP contribution in [0, 0.1) is 13.8 Å². The van der Waals surface area contributed by atoms with Gasteiger partial charge >= 0.3 is 0 Å². The van der Waals surface area contributed by atoms with Crippen LogP contribution in [0.2, 0.25) is 0 Å². The van der Waals surface area contributed by atoms with E-state index in [-0.39, 0.29) is 12.3 Å². The Morgan fingerprint density at radius 2 is 1.82 bits per heavy atom. The minimum atomic E-state index is -0.0451. The van der Waals surface area contributed by atoms with Gasteiger partial charge in [0.15, 0.2) is 17.3 Å². The molecule has 3 aromatic rings. The van der Waals surface area contributed by atoms with Gasteiger partial charge in [-0.2, -0.15) is 4.80 Å². The molecule has 0 aliphatic heterocycles. The summed E-state index contributed by atoms with van der Waals surface area (Å²) in [4.78, 5) is 14.1. The number of carbonyl (C=O) groups excluding carboxylic acids is 1. The fourth-order valence-corrected chi connectivity index (χ4v) is 3.47. The van der Waals surface area contributed by atoms with E-state index in [2.05, 4.69) is 33.8 Å². The Bertz CT molecular complexity index is 1000. The number of hydrogen-bond acceptors (Lipinski definition) is 6. The maximum Gasteiger partial charge on any atom is 0.205 e. The number of Topliss-reactive ketones (excluding diaryl/α,β-unsaturated/α-hetero) is 1. The van der Waals surface area contributed by atoms with Crippen molar-refractivity contribution >= 4 is 5.78 Å². The summed E-state index contributed by atoms with van der Waals surface area (Å²) in [5, 5.41) is 12.4. The number of rotatable bonds is 7. The highest BCUT2D eigenvalue weighted by atomic mass is 16.5. The number of nitrogens with zero attached hydrogens (tertiary/aromatic N) is 5. The molecular formula is C20H25N5O3. The number of benzene rings is 1. The Labute approximate surface area is 164 Å². The van der Waals surface area contributed by atoms with Gasteiger partial charge in [0.1, 0.15) is 6.54 Å². The molecule has 0 aliphatic rings. The van der Waals surface area contributed by atoms with Crippen LogP contribution < -0.4 is 9.47 Å². The molecule has 3 rings (SSSR count). The second-order valence-electron chi connectivity index (χ2n) is 6.88. The number of hydrogen-bond donors (Lipinski definition) is 0. The van der Waals surface area contributed by atoms with Crippen molar-refractivity contribution in [1.82, 2.24) is 24.8 Å². The third kappa shape index (κ3) is 3.62. The number of ketones is 1. The van der Waals surface area contributed by atoms with E-state index in [1.165, 1.54) is 4.80 Å². The zero-order valence-electron chi connectivity index (χ0n) is 17.1. The first-order valence-corrected chi connectivity index (χ1v) is 9.07. The molecular weight excluding hydrogens is 358 g/mol. The monoisotopic (exact) mass is 383 g/mol. The summed E-state index contributed by atoms with van der Waals surface area (Å²) in [6.45, 7) is 8.20. The molecule has 0 N–H and O–H groups in total. The average molecular weight is 383 g/mol. The highest BCUT2D eigenvalue weighted by Gasteiger charge is 2.19. The minimum absolute atomic E-state index is 0.0304. The fourth-order valence-electron chi connectivity index (χ4n) is 3.47. The summed E-state index contributed by atoms with van der Waals surface area (Å²) in [7, 11) is 3.14. The van der Waals surface area contributed by atoms with Crippen LogP contribution in [0.5, 0.6) is 11.5 Å². The third-order valence-electron chi connectivity index (χ3n) is 4.68. The maximum absolute atomic E-state index is 12.8. The molecule has 2 heterocycles. The lowest BCUT2D eigenvalue weighted by Gasteiger charge is -2.13. The van der Waals surface area contributed by atoms with Gasteiger partial charge in [0.05, 0.1) is 14.2 Å². The normalized spacial score (nSPS) is 11.1. The molecule has 148 valence electrons. The van der Waals surface area contributed by atoms with E-state index in [4.69, 9.17) is 9.47 Å².